The minimum absolute atomic E-state index is 0.417. The molecular formula is C13H24N4O. The molecule has 0 radical (unpaired) electrons. The largest absolute Gasteiger partial charge is 0.377 e. The second kappa shape index (κ2) is 6.54. The number of methoxy groups -OCH3 is 1. The Balaban J connectivity index is 3.03. The SMILES string of the molecule is CNc1cc(N(C)C(C)C(C)C)nc(COC)n1. The highest BCUT2D eigenvalue weighted by atomic mass is 16.5. The number of aromatic nitrogens is 2. The number of hydrogen-bond donors (Lipinski definition) is 1. The Bertz CT molecular complexity index is 381. The standard InChI is InChI=1S/C13H24N4O/c1-9(2)10(3)17(5)13-7-11(14-4)15-12(16-13)8-18-6/h7,9-10H,8H2,1-6H3,(H,14,15,16). The number of rotatable bonds is 6. The third-order valence-electron chi connectivity index (χ3n) is 3.23. The molecule has 1 rings (SSSR count). The van der Waals surface area contributed by atoms with Crippen LogP contribution in [0.2, 0.25) is 0 Å². The molecule has 5 heteroatoms. The first-order valence-electron chi connectivity index (χ1n) is 6.27. The van der Waals surface area contributed by atoms with Crippen LogP contribution < -0.4 is 10.2 Å². The summed E-state index contributed by atoms with van der Waals surface area (Å²) in [5.41, 5.74) is 0. The van der Waals surface area contributed by atoms with Gasteiger partial charge in [-0.1, -0.05) is 13.8 Å². The maximum Gasteiger partial charge on any atom is 0.158 e. The van der Waals surface area contributed by atoms with Gasteiger partial charge in [0, 0.05) is 33.3 Å². The van der Waals surface area contributed by atoms with Crippen LogP contribution in [0.5, 0.6) is 0 Å². The lowest BCUT2D eigenvalue weighted by Crippen LogP contribution is -2.34. The van der Waals surface area contributed by atoms with Crippen LogP contribution in [0, 0.1) is 5.92 Å². The zero-order valence-corrected chi connectivity index (χ0v) is 12.2. The average molecular weight is 252 g/mol. The maximum atomic E-state index is 5.10. The molecule has 0 fully saturated rings. The van der Waals surface area contributed by atoms with Crippen molar-refractivity contribution >= 4 is 11.6 Å². The third-order valence-corrected chi connectivity index (χ3v) is 3.23. The molecule has 0 spiro atoms. The molecule has 0 saturated heterocycles. The summed E-state index contributed by atoms with van der Waals surface area (Å²) >= 11 is 0. The number of nitrogens with zero attached hydrogens (tertiary/aromatic N) is 3. The minimum Gasteiger partial charge on any atom is -0.377 e. The smallest absolute Gasteiger partial charge is 0.158 e. The van der Waals surface area contributed by atoms with Crippen LogP contribution in [0.15, 0.2) is 6.07 Å². The van der Waals surface area contributed by atoms with Gasteiger partial charge in [0.15, 0.2) is 5.82 Å². The van der Waals surface area contributed by atoms with Crippen molar-refractivity contribution in [2.45, 2.75) is 33.4 Å². The van der Waals surface area contributed by atoms with Gasteiger partial charge in [-0.2, -0.15) is 0 Å². The normalized spacial score (nSPS) is 12.6. The quantitative estimate of drug-likeness (QED) is 0.840. The molecule has 0 bridgehead atoms. The lowest BCUT2D eigenvalue weighted by molar-refractivity contribution is 0.178. The van der Waals surface area contributed by atoms with Crippen LogP contribution in [0.25, 0.3) is 0 Å². The topological polar surface area (TPSA) is 50.3 Å². The van der Waals surface area contributed by atoms with E-state index in [2.05, 4.69) is 48.0 Å². The van der Waals surface area contributed by atoms with Gasteiger partial charge in [-0.15, -0.1) is 0 Å². The van der Waals surface area contributed by atoms with E-state index in [1.165, 1.54) is 0 Å². The summed E-state index contributed by atoms with van der Waals surface area (Å²) in [4.78, 5) is 11.1. The first-order chi connectivity index (χ1) is 8.49. The van der Waals surface area contributed by atoms with Gasteiger partial charge in [-0.25, -0.2) is 9.97 Å². The third kappa shape index (κ3) is 3.57. The predicted molar refractivity (Wildman–Crippen MR) is 75.0 cm³/mol. The van der Waals surface area contributed by atoms with Crippen LogP contribution in [0.3, 0.4) is 0 Å². The Labute approximate surface area is 110 Å². The first kappa shape index (κ1) is 14.7. The van der Waals surface area contributed by atoms with Crippen molar-refractivity contribution in [2.75, 3.05) is 31.4 Å². The van der Waals surface area contributed by atoms with Crippen molar-refractivity contribution in [1.82, 2.24) is 9.97 Å². The van der Waals surface area contributed by atoms with E-state index >= 15 is 0 Å². The summed E-state index contributed by atoms with van der Waals surface area (Å²) in [6, 6.07) is 2.37. The molecule has 0 saturated carbocycles. The molecule has 1 aromatic heterocycles. The van der Waals surface area contributed by atoms with E-state index in [0.717, 1.165) is 11.6 Å². The van der Waals surface area contributed by atoms with Gasteiger partial charge in [0.2, 0.25) is 0 Å². The molecule has 0 aromatic carbocycles. The Hall–Kier alpha value is -1.36. The molecule has 1 atom stereocenters. The van der Waals surface area contributed by atoms with E-state index in [1.54, 1.807) is 7.11 Å². The van der Waals surface area contributed by atoms with Gasteiger partial charge in [0.05, 0.1) is 0 Å². The van der Waals surface area contributed by atoms with Gasteiger partial charge in [-0.05, 0) is 12.8 Å². The summed E-state index contributed by atoms with van der Waals surface area (Å²) in [7, 11) is 5.56. The number of hydrogen-bond acceptors (Lipinski definition) is 5. The van der Waals surface area contributed by atoms with Crippen LogP contribution in [-0.4, -0.2) is 37.2 Å². The summed E-state index contributed by atoms with van der Waals surface area (Å²) in [5, 5.41) is 3.06. The Morgan fingerprint density at radius 3 is 2.50 bits per heavy atom. The van der Waals surface area contributed by atoms with E-state index in [9.17, 15) is 0 Å². The molecule has 102 valence electrons. The zero-order valence-electron chi connectivity index (χ0n) is 12.2. The number of anilines is 2. The second-order valence-electron chi connectivity index (χ2n) is 4.81. The van der Waals surface area contributed by atoms with E-state index in [4.69, 9.17) is 4.74 Å². The number of nitrogens with one attached hydrogen (secondary N) is 1. The Morgan fingerprint density at radius 2 is 2.00 bits per heavy atom. The van der Waals surface area contributed by atoms with Crippen molar-refractivity contribution in [3.05, 3.63) is 11.9 Å². The molecule has 1 unspecified atom stereocenters. The van der Waals surface area contributed by atoms with Crippen molar-refractivity contribution in [1.29, 1.82) is 0 Å². The fourth-order valence-electron chi connectivity index (χ4n) is 1.64. The fraction of sp³-hybridized carbons (Fsp3) is 0.692. The van der Waals surface area contributed by atoms with Gasteiger partial charge in [0.1, 0.15) is 18.2 Å². The summed E-state index contributed by atoms with van der Waals surface area (Å²) in [6.45, 7) is 7.03. The molecule has 1 N–H and O–H groups in total. The molecule has 1 heterocycles. The molecular weight excluding hydrogens is 228 g/mol. The second-order valence-corrected chi connectivity index (χ2v) is 4.81. The van der Waals surface area contributed by atoms with Gasteiger partial charge in [0.25, 0.3) is 0 Å². The van der Waals surface area contributed by atoms with E-state index in [1.807, 2.05) is 13.1 Å². The Morgan fingerprint density at radius 1 is 1.33 bits per heavy atom. The predicted octanol–water partition coefficient (Wildman–Crippen LogP) is 2.15. The van der Waals surface area contributed by atoms with Crippen molar-refractivity contribution in [3.63, 3.8) is 0 Å². The molecule has 0 aliphatic rings. The molecule has 0 aliphatic heterocycles. The molecule has 0 aliphatic carbocycles. The highest BCUT2D eigenvalue weighted by Crippen LogP contribution is 2.19. The van der Waals surface area contributed by atoms with Crippen LogP contribution in [-0.2, 0) is 11.3 Å². The summed E-state index contributed by atoms with van der Waals surface area (Å²) in [5.74, 6) is 2.99. The maximum absolute atomic E-state index is 5.10. The van der Waals surface area contributed by atoms with E-state index in [-0.39, 0.29) is 0 Å². The monoisotopic (exact) mass is 252 g/mol. The molecule has 0 amide bonds. The van der Waals surface area contributed by atoms with Crippen molar-refractivity contribution < 1.29 is 4.74 Å². The lowest BCUT2D eigenvalue weighted by Gasteiger charge is -2.29. The molecule has 5 nitrogen and oxygen atoms in total. The van der Waals surface area contributed by atoms with Crippen molar-refractivity contribution in [2.24, 2.45) is 5.92 Å². The minimum atomic E-state index is 0.417. The lowest BCUT2D eigenvalue weighted by atomic mass is 10.1. The highest BCUT2D eigenvalue weighted by molar-refractivity contribution is 5.49. The summed E-state index contributed by atoms with van der Waals surface area (Å²) in [6.07, 6.45) is 0. The first-order valence-corrected chi connectivity index (χ1v) is 6.27. The van der Waals surface area contributed by atoms with Crippen molar-refractivity contribution in [3.8, 4) is 0 Å². The molecule has 1 aromatic rings. The van der Waals surface area contributed by atoms with Crippen LogP contribution in [0.4, 0.5) is 11.6 Å². The number of ether oxygens (including phenoxy) is 1. The Kier molecular flexibility index (Phi) is 5.34. The molecule has 18 heavy (non-hydrogen) atoms. The van der Waals surface area contributed by atoms with E-state index < -0.39 is 0 Å². The van der Waals surface area contributed by atoms with Gasteiger partial charge >= 0.3 is 0 Å². The zero-order chi connectivity index (χ0) is 13.7. The highest BCUT2D eigenvalue weighted by Gasteiger charge is 2.16. The average Bonchev–Trinajstić information content (AvgIpc) is 2.36. The van der Waals surface area contributed by atoms with Crippen LogP contribution >= 0.6 is 0 Å². The van der Waals surface area contributed by atoms with Gasteiger partial charge in [-0.3, -0.25) is 0 Å². The van der Waals surface area contributed by atoms with Gasteiger partial charge < -0.3 is 15.0 Å². The van der Waals surface area contributed by atoms with E-state index in [0.29, 0.717) is 24.4 Å². The fourth-order valence-corrected chi connectivity index (χ4v) is 1.64. The van der Waals surface area contributed by atoms with Crippen LogP contribution in [0.1, 0.15) is 26.6 Å². The summed E-state index contributed by atoms with van der Waals surface area (Å²) < 4.78 is 5.10.